The summed E-state index contributed by atoms with van der Waals surface area (Å²) in [7, 11) is 4.11. The number of anilines is 3. The molecule has 0 spiro atoms. The van der Waals surface area contributed by atoms with Gasteiger partial charge in [0.15, 0.2) is 0 Å². The fourth-order valence-electron chi connectivity index (χ4n) is 14.4. The average Bonchev–Trinajstić information content (AvgIpc) is 0.960. The molecule has 4 aromatic carbocycles. The van der Waals surface area contributed by atoms with Crippen LogP contribution in [0.4, 0.5) is 52.6 Å². The van der Waals surface area contributed by atoms with Crippen LogP contribution in [0.25, 0.3) is 116 Å². The Bertz CT molecular complexity index is 8680. The van der Waals surface area contributed by atoms with Crippen molar-refractivity contribution in [2.24, 2.45) is 14.0 Å². The first-order valence-corrected chi connectivity index (χ1v) is 43.9. The summed E-state index contributed by atoms with van der Waals surface area (Å²) in [4.78, 5) is 94.6. The predicted molar refractivity (Wildman–Crippen MR) is 547 cm³/mol. The van der Waals surface area contributed by atoms with Gasteiger partial charge in [0.25, 0.3) is 47.9 Å². The molecule has 2 atom stereocenters. The first kappa shape index (κ1) is 85.1. The van der Waals surface area contributed by atoms with Crippen LogP contribution in [0, 0.1) is 11.3 Å². The third-order valence-electron chi connectivity index (χ3n) is 20.8. The standard InChI is InChI=1S/C23H19F2N7O.C22H19F2N5O.C20H14F2N4O2.C15H13F2N5O.C8H7BrN2.C8H18N2.C4H9O.C2H3N.CH4.K/c1-3-26-19-9-8-17-21(28-19)20(13-4-6-18(22(24)25)27-11-13)23(33)32(30-17)15-5-7-16-14(10-15)12-31(2)29-16;1-2-25-18-11-10-16-20(27-18)19(15-8-9-17(21(23)24)26-12-15)22(30)29(28-16)13-14-6-4-3-5-7-14;21-19(22)15-7-6-13(10-23-15)17-18-14(8-9-16(27)24-18)25-26(20(17)28)11-12-4-2-1-3-5-12;1-2-18-11-6-5-9-13(20-11)12(15(23)22-21-9)8-3-4-10(14(16)17)19-7-8;1-11-5-6-4-7(9)2-3-8(6)10-11;1-9-7-5-3-4-6-8(7)10-2;1-4(2,3)5;1-2-3;;/h4-12,22H,3H2,1-2H3,(H,26,28);3-12,21H,2,13H2,1H3,(H,25,27);1-10,19H,11H2,(H,24,27);3-7,14H,2H2,1H3,(H,18,20)(H,22,23);2-5H,1H3;7-10H,3-6H2,1-2H3;1-3H3;1H3;1H4;/q;;;;;;-1;;;+1/t;;;;;7-,8-;;;;/m.....1..../s1/i1D3,2D3,3D2;1D3,2D2;;1D3,2D2;1D3;;;;;. The van der Waals surface area contributed by atoms with Gasteiger partial charge in [-0.05, 0) is 162 Å². The van der Waals surface area contributed by atoms with E-state index in [1.54, 1.807) is 32.9 Å². The van der Waals surface area contributed by atoms with Gasteiger partial charge < -0.3 is 36.7 Å². The Hall–Kier alpha value is -14.3. The number of nitrogens with zero attached hydrogens (tertiary/aromatic N) is 19. The smallest absolute Gasteiger partial charge is 0.850 e. The van der Waals surface area contributed by atoms with Crippen LogP contribution in [0.3, 0.4) is 0 Å². The Labute approximate surface area is 907 Å². The van der Waals surface area contributed by atoms with Crippen LogP contribution in [0.15, 0.2) is 260 Å². The van der Waals surface area contributed by atoms with E-state index in [0.29, 0.717) is 39.6 Å². The van der Waals surface area contributed by atoms with Crippen molar-refractivity contribution in [3.05, 3.63) is 321 Å². The number of alkyl halides is 8. The molecule has 7 N–H and O–H groups in total. The van der Waals surface area contributed by atoms with Gasteiger partial charge in [-0.25, -0.2) is 64.5 Å². The summed E-state index contributed by atoms with van der Waals surface area (Å²) in [5.74, 6) is -0.493. The molecule has 19 rings (SSSR count). The summed E-state index contributed by atoms with van der Waals surface area (Å²) >= 11 is 3.31. The quantitative estimate of drug-likeness (QED) is 0.0259. The van der Waals surface area contributed by atoms with E-state index >= 15 is 0 Å². The topological polar surface area (TPSA) is 416 Å². The minimum absolute atomic E-state index is 0. The second kappa shape index (κ2) is 53.3. The molecule has 0 aliphatic heterocycles. The molecule has 0 unspecified atom stereocenters. The number of H-pyrrole nitrogens is 2. The van der Waals surface area contributed by atoms with E-state index < -0.39 is 130 Å². The normalized spacial score (nSPS) is 15.4. The van der Waals surface area contributed by atoms with Crippen molar-refractivity contribution < 1.29 is 120 Å². The van der Waals surface area contributed by atoms with Crippen molar-refractivity contribution in [3.8, 4) is 56.3 Å². The molecule has 14 aromatic heterocycles. The Kier molecular flexibility index (Phi) is 31.3. The van der Waals surface area contributed by atoms with Crippen LogP contribution < -0.4 is 111 Å². The first-order chi connectivity index (χ1) is 76.8. The van der Waals surface area contributed by atoms with Crippen LogP contribution in [0.5, 0.6) is 0 Å². The van der Waals surface area contributed by atoms with Gasteiger partial charge >= 0.3 is 51.4 Å². The molecule has 145 heavy (non-hydrogen) atoms. The summed E-state index contributed by atoms with van der Waals surface area (Å²) < 4.78 is 267. The zero-order valence-electron chi connectivity index (χ0n) is 98.5. The number of likely N-dealkylation sites (N-methyl/N-ethyl adjacent to an activating group) is 2. The molecular formula is C103H106BrF8KN26O6. The summed E-state index contributed by atoms with van der Waals surface area (Å²) in [5.41, 5.74) is -0.369. The SMILES string of the molecule is C.CC#N.CC(C)(C)[O-].CN[C@@H]1CCCC[C@H]1NC.O=c1ccc2nn(Cc3ccccc3)c(=O)c(-c3ccc(C(F)F)nc3)c2[nH]1.[2H]C([2H])([2H])C([2H])([2H])Nc1ccc2n[nH]c(=O)c(-c3ccc(C(F)F)nc3)c2n1.[2H]C([2H])([2H])C([2H])([2H])Nc1ccc2nn(Cc3ccccc3)c(=O)c(-c3ccc(C(F)F)nc3)c2n1.[2H]C([2H])([2H])n1cc2cc(-n3nc4ccc(NC([2H])([2H])C([2H])([2H])[2H])nc4c(-c4ccc(C(F)F)nc4)c3=O)ccc2n1.[2H]C([2H])([2H])n1cc2cc(Br)ccc2n1.[K+]. The number of hydrogen-bond donors (Lipinski definition) is 7. The summed E-state index contributed by atoms with van der Waals surface area (Å²) in [6.45, 7) is -15.5. The van der Waals surface area contributed by atoms with Crippen molar-refractivity contribution in [2.75, 3.05) is 49.5 Å². The minimum atomic E-state index is -3.05. The van der Waals surface area contributed by atoms with Crippen molar-refractivity contribution in [2.45, 2.75) is 138 Å². The van der Waals surface area contributed by atoms with Crippen molar-refractivity contribution in [1.82, 2.24) is 110 Å². The molecule has 42 heteroatoms. The third kappa shape index (κ3) is 30.2. The number of aryl methyl sites for hydroxylation is 2. The minimum Gasteiger partial charge on any atom is -0.850 e. The van der Waals surface area contributed by atoms with E-state index in [-0.39, 0.29) is 178 Å². The monoisotopic (exact) mass is 2090 g/mol. The molecule has 0 saturated heterocycles. The molecule has 1 saturated carbocycles. The predicted octanol–water partition coefficient (Wildman–Crippen LogP) is 15.6. The van der Waals surface area contributed by atoms with Crippen LogP contribution in [0.2, 0.25) is 0 Å². The van der Waals surface area contributed by atoms with Gasteiger partial charge in [-0.1, -0.05) is 142 Å². The van der Waals surface area contributed by atoms with Gasteiger partial charge in [-0.2, -0.15) is 40.5 Å². The van der Waals surface area contributed by atoms with E-state index in [1.165, 1.54) is 152 Å². The van der Waals surface area contributed by atoms with Crippen LogP contribution in [-0.2, 0) is 27.0 Å². The molecule has 1 aliphatic carbocycles. The Morgan fingerprint density at radius 3 is 1.29 bits per heavy atom. The average molecular weight is 2100 g/mol. The molecular weight excluding hydrogens is 1970 g/mol. The molecule has 0 amide bonds. The van der Waals surface area contributed by atoms with Gasteiger partial charge in [0.05, 0.1) is 63.7 Å². The maximum atomic E-state index is 13.8. The Morgan fingerprint density at radius 1 is 0.490 bits per heavy atom. The zero-order chi connectivity index (χ0) is 121. The van der Waals surface area contributed by atoms with Crippen LogP contribution >= 0.6 is 15.9 Å². The van der Waals surface area contributed by atoms with Gasteiger partial charge in [-0.3, -0.25) is 53.3 Å². The van der Waals surface area contributed by atoms with E-state index in [0.717, 1.165) is 77.9 Å². The maximum absolute atomic E-state index is 13.8. The summed E-state index contributed by atoms with van der Waals surface area (Å²) in [6, 6.07) is 52.1. The fourth-order valence-corrected chi connectivity index (χ4v) is 14.8. The number of aromatic nitrogens is 20. The van der Waals surface area contributed by atoms with Gasteiger partial charge in [0.2, 0.25) is 5.56 Å². The molecule has 748 valence electrons. The molecule has 0 bridgehead atoms. The fraction of sp³-hybridized carbons (Fsp3) is 0.272. The van der Waals surface area contributed by atoms with Crippen molar-refractivity contribution in [3.63, 3.8) is 0 Å². The van der Waals surface area contributed by atoms with E-state index in [4.69, 9.17) is 34.0 Å². The zero-order valence-corrected chi connectivity index (χ0v) is 82.2. The third-order valence-corrected chi connectivity index (χ3v) is 21.3. The van der Waals surface area contributed by atoms with Gasteiger partial charge in [0, 0.05) is 162 Å². The number of nitrogens with one attached hydrogen (secondary N) is 7. The number of rotatable bonds is 21. The van der Waals surface area contributed by atoms with Crippen LogP contribution in [-0.4, -0.2) is 150 Å². The Morgan fingerprint density at radius 2 is 0.869 bits per heavy atom. The number of hydrogen-bond acceptors (Lipinski definition) is 25. The van der Waals surface area contributed by atoms with Crippen molar-refractivity contribution in [1.29, 1.82) is 5.26 Å². The summed E-state index contributed by atoms with van der Waals surface area (Å²) in [5, 5.41) is 59.1. The number of pyridine rings is 8. The molecule has 1 fully saturated rings. The first-order valence-electron chi connectivity index (χ1n) is 53.6. The number of nitriles is 1. The number of benzene rings is 4. The second-order valence-electron chi connectivity index (χ2n) is 31.8. The van der Waals surface area contributed by atoms with E-state index in [2.05, 4.69) is 132 Å². The molecule has 14 heterocycles. The second-order valence-corrected chi connectivity index (χ2v) is 32.7. The maximum Gasteiger partial charge on any atom is 1.00 e. The molecule has 32 nitrogen and oxygen atoms in total. The Balaban J connectivity index is 0.000000206. The number of fused-ring (bicyclic) bond motifs is 6. The van der Waals surface area contributed by atoms with Crippen molar-refractivity contribution >= 4 is 99.3 Å². The van der Waals surface area contributed by atoms with E-state index in [1.807, 2.05) is 72.8 Å². The molecule has 18 aromatic rings. The van der Waals surface area contributed by atoms with E-state index in [9.17, 15) is 64.2 Å². The summed E-state index contributed by atoms with van der Waals surface area (Å²) in [6.07, 6.45) is 1.65. The van der Waals surface area contributed by atoms with Gasteiger partial charge in [-0.15, -0.1) is 5.60 Å². The van der Waals surface area contributed by atoms with Gasteiger partial charge in [0.1, 0.15) is 78.8 Å². The van der Waals surface area contributed by atoms with Crippen LogP contribution in [0.1, 0.15) is 170 Å². The molecule has 0 radical (unpaired) electrons. The molecule has 1 aliphatic rings. The largest absolute Gasteiger partial charge is 1.00 e. The number of aromatic amines is 2. The number of halogens is 9.